The summed E-state index contributed by atoms with van der Waals surface area (Å²) in [4.78, 5) is 2.01. The average Bonchev–Trinajstić information content (AvgIpc) is 2.14. The van der Waals surface area contributed by atoms with Gasteiger partial charge in [-0.1, -0.05) is 13.8 Å². The molecule has 0 rings (SSSR count). The van der Waals surface area contributed by atoms with E-state index in [1.807, 2.05) is 25.8 Å². The van der Waals surface area contributed by atoms with Gasteiger partial charge in [-0.25, -0.2) is 0 Å². The summed E-state index contributed by atoms with van der Waals surface area (Å²) in [5.74, 6) is 0. The fourth-order valence-electron chi connectivity index (χ4n) is 1.30. The molecule has 0 aliphatic carbocycles. The first-order valence-electron chi connectivity index (χ1n) is 4.86. The van der Waals surface area contributed by atoms with Crippen molar-refractivity contribution in [1.82, 2.24) is 4.90 Å². The van der Waals surface area contributed by atoms with Crippen LogP contribution < -0.4 is 0 Å². The van der Waals surface area contributed by atoms with E-state index in [0.29, 0.717) is 13.0 Å². The Labute approximate surface area is 81.0 Å². The van der Waals surface area contributed by atoms with Gasteiger partial charge in [0.1, 0.15) is 0 Å². The Bertz CT molecular complexity index is 170. The van der Waals surface area contributed by atoms with Crippen LogP contribution >= 0.6 is 0 Å². The van der Waals surface area contributed by atoms with Crippen molar-refractivity contribution < 1.29 is 5.11 Å². The van der Waals surface area contributed by atoms with Gasteiger partial charge in [-0.3, -0.25) is 0 Å². The zero-order valence-corrected chi connectivity index (χ0v) is 8.88. The van der Waals surface area contributed by atoms with Crippen molar-refractivity contribution in [3.05, 3.63) is 0 Å². The fraction of sp³-hybridized carbons (Fsp3) is 0.900. The van der Waals surface area contributed by atoms with Crippen LogP contribution in [0.3, 0.4) is 0 Å². The number of hydrogen-bond acceptors (Lipinski definition) is 3. The summed E-state index contributed by atoms with van der Waals surface area (Å²) >= 11 is 0. The first-order valence-corrected chi connectivity index (χ1v) is 4.86. The van der Waals surface area contributed by atoms with Crippen molar-refractivity contribution >= 4 is 0 Å². The monoisotopic (exact) mass is 184 g/mol. The topological polar surface area (TPSA) is 47.3 Å². The second-order valence-corrected chi connectivity index (χ2v) is 3.58. The Morgan fingerprint density at radius 2 is 1.92 bits per heavy atom. The van der Waals surface area contributed by atoms with Crippen molar-refractivity contribution in [3.63, 3.8) is 0 Å². The number of nitrogens with zero attached hydrogens (tertiary/aromatic N) is 2. The van der Waals surface area contributed by atoms with E-state index in [2.05, 4.69) is 6.07 Å². The van der Waals surface area contributed by atoms with Crippen LogP contribution in [-0.2, 0) is 0 Å². The van der Waals surface area contributed by atoms with Gasteiger partial charge in [0.2, 0.25) is 0 Å². The molecule has 0 fully saturated rings. The van der Waals surface area contributed by atoms with Crippen LogP contribution in [0.15, 0.2) is 0 Å². The van der Waals surface area contributed by atoms with Gasteiger partial charge in [-0.05, 0) is 19.9 Å². The van der Waals surface area contributed by atoms with Crippen molar-refractivity contribution in [2.45, 2.75) is 38.7 Å². The molecule has 0 aromatic heterocycles. The lowest BCUT2D eigenvalue weighted by Gasteiger charge is -2.30. The smallest absolute Gasteiger partial charge is 0.0768 e. The van der Waals surface area contributed by atoms with Gasteiger partial charge in [0.25, 0.3) is 0 Å². The first-order chi connectivity index (χ1) is 6.08. The minimum absolute atomic E-state index is 0.528. The maximum atomic E-state index is 9.97. The van der Waals surface area contributed by atoms with Crippen molar-refractivity contribution in [2.75, 3.05) is 20.1 Å². The van der Waals surface area contributed by atoms with Crippen LogP contribution in [0.25, 0.3) is 0 Å². The van der Waals surface area contributed by atoms with Crippen LogP contribution in [-0.4, -0.2) is 35.7 Å². The van der Waals surface area contributed by atoms with E-state index in [0.717, 1.165) is 19.4 Å². The van der Waals surface area contributed by atoms with Gasteiger partial charge in [-0.2, -0.15) is 5.26 Å². The lowest BCUT2D eigenvalue weighted by molar-refractivity contribution is 0.00356. The van der Waals surface area contributed by atoms with Gasteiger partial charge in [-0.15, -0.1) is 0 Å². The molecule has 0 heterocycles. The lowest BCUT2D eigenvalue weighted by atomic mass is 9.97. The summed E-state index contributed by atoms with van der Waals surface area (Å²) in [5.41, 5.74) is -0.579. The van der Waals surface area contributed by atoms with E-state index in [-0.39, 0.29) is 0 Å². The van der Waals surface area contributed by atoms with Crippen molar-refractivity contribution in [1.29, 1.82) is 5.26 Å². The third kappa shape index (κ3) is 4.87. The number of likely N-dealkylation sites (N-methyl/N-ethyl adjacent to an activating group) is 1. The molecule has 0 aliphatic rings. The normalized spacial score (nSPS) is 11.7. The Morgan fingerprint density at radius 1 is 1.38 bits per heavy atom. The molecular weight excluding hydrogens is 164 g/mol. The molecule has 0 amide bonds. The molecule has 0 spiro atoms. The van der Waals surface area contributed by atoms with Crippen LogP contribution in [0, 0.1) is 11.3 Å². The summed E-state index contributed by atoms with van der Waals surface area (Å²) < 4.78 is 0. The van der Waals surface area contributed by atoms with E-state index < -0.39 is 5.60 Å². The second-order valence-electron chi connectivity index (χ2n) is 3.58. The SMILES string of the molecule is CCC(O)(CC)CN(C)CCC#N. The maximum absolute atomic E-state index is 9.97. The quantitative estimate of drug-likeness (QED) is 0.678. The molecule has 0 saturated heterocycles. The standard InChI is InChI=1S/C10H20N2O/c1-4-10(13,5-2)9-12(3)8-6-7-11/h13H,4-6,8-9H2,1-3H3. The van der Waals surface area contributed by atoms with Crippen LogP contribution in [0.5, 0.6) is 0 Å². The molecule has 0 saturated carbocycles. The number of hydrogen-bond donors (Lipinski definition) is 1. The van der Waals surface area contributed by atoms with Gasteiger partial charge < -0.3 is 10.0 Å². The number of rotatable bonds is 6. The van der Waals surface area contributed by atoms with Gasteiger partial charge >= 0.3 is 0 Å². The van der Waals surface area contributed by atoms with Crippen LogP contribution in [0.2, 0.25) is 0 Å². The Kier molecular flexibility index (Phi) is 5.68. The van der Waals surface area contributed by atoms with Crippen LogP contribution in [0.1, 0.15) is 33.1 Å². The van der Waals surface area contributed by atoms with Gasteiger partial charge in [0.05, 0.1) is 11.7 Å². The highest BCUT2D eigenvalue weighted by Crippen LogP contribution is 2.15. The Balaban J connectivity index is 3.88. The van der Waals surface area contributed by atoms with Crippen molar-refractivity contribution in [3.8, 4) is 6.07 Å². The highest BCUT2D eigenvalue weighted by molar-refractivity contribution is 4.80. The Morgan fingerprint density at radius 3 is 2.31 bits per heavy atom. The third-order valence-corrected chi connectivity index (χ3v) is 2.49. The van der Waals surface area contributed by atoms with Gasteiger partial charge in [0.15, 0.2) is 0 Å². The molecule has 3 heteroatoms. The van der Waals surface area contributed by atoms with Gasteiger partial charge in [0, 0.05) is 19.5 Å². The highest BCUT2D eigenvalue weighted by atomic mass is 16.3. The molecular formula is C10H20N2O. The molecule has 1 N–H and O–H groups in total. The molecule has 0 aromatic carbocycles. The molecule has 0 aliphatic heterocycles. The molecule has 13 heavy (non-hydrogen) atoms. The largest absolute Gasteiger partial charge is 0.389 e. The summed E-state index contributed by atoms with van der Waals surface area (Å²) in [6.07, 6.45) is 2.06. The van der Waals surface area contributed by atoms with Crippen molar-refractivity contribution in [2.24, 2.45) is 0 Å². The number of aliphatic hydroxyl groups is 1. The molecule has 76 valence electrons. The van der Waals surface area contributed by atoms with E-state index in [1.165, 1.54) is 0 Å². The molecule has 0 bridgehead atoms. The lowest BCUT2D eigenvalue weighted by Crippen LogP contribution is -2.40. The summed E-state index contributed by atoms with van der Waals surface area (Å²) in [6.45, 7) is 5.36. The summed E-state index contributed by atoms with van der Waals surface area (Å²) in [7, 11) is 1.94. The molecule has 3 nitrogen and oxygen atoms in total. The zero-order valence-electron chi connectivity index (χ0n) is 8.88. The second kappa shape index (κ2) is 5.95. The summed E-state index contributed by atoms with van der Waals surface area (Å²) in [5, 5.41) is 18.4. The summed E-state index contributed by atoms with van der Waals surface area (Å²) in [6, 6.07) is 2.10. The Hall–Kier alpha value is -0.590. The maximum Gasteiger partial charge on any atom is 0.0768 e. The predicted molar refractivity (Wildman–Crippen MR) is 53.3 cm³/mol. The highest BCUT2D eigenvalue weighted by Gasteiger charge is 2.23. The van der Waals surface area contributed by atoms with E-state index in [4.69, 9.17) is 5.26 Å². The van der Waals surface area contributed by atoms with E-state index >= 15 is 0 Å². The molecule has 0 aromatic rings. The molecule has 0 atom stereocenters. The third-order valence-electron chi connectivity index (χ3n) is 2.49. The predicted octanol–water partition coefficient (Wildman–Crippen LogP) is 1.38. The number of nitriles is 1. The van der Waals surface area contributed by atoms with E-state index in [1.54, 1.807) is 0 Å². The first kappa shape index (κ1) is 12.4. The molecule has 0 radical (unpaired) electrons. The zero-order chi connectivity index (χ0) is 10.3. The minimum Gasteiger partial charge on any atom is -0.389 e. The van der Waals surface area contributed by atoms with Crippen LogP contribution in [0.4, 0.5) is 0 Å². The average molecular weight is 184 g/mol. The minimum atomic E-state index is -0.579. The fourth-order valence-corrected chi connectivity index (χ4v) is 1.30. The molecule has 0 unspecified atom stereocenters. The van der Waals surface area contributed by atoms with E-state index in [9.17, 15) is 5.11 Å².